The van der Waals surface area contributed by atoms with Crippen molar-refractivity contribution in [3.63, 3.8) is 0 Å². The third kappa shape index (κ3) is 3.30. The van der Waals surface area contributed by atoms with Gasteiger partial charge < -0.3 is 19.0 Å². The summed E-state index contributed by atoms with van der Waals surface area (Å²) in [5.41, 5.74) is 1.49. The number of aromatic nitrogens is 1. The van der Waals surface area contributed by atoms with E-state index < -0.39 is 0 Å². The number of hydrogen-bond donors (Lipinski definition) is 1. The standard InChI is InChI=1S/C19H22N2O3/c1-13(6-8-15-5-4-10-24-15)21(2)19(22)18-11-14-7-9-16(23-3)12-17(14)20-18/h4-5,7,9-13,20H,6,8H2,1-3H3/t13-/m1/s1. The fourth-order valence-electron chi connectivity index (χ4n) is 2.74. The second kappa shape index (κ2) is 6.83. The number of nitrogens with one attached hydrogen (secondary N) is 1. The van der Waals surface area contributed by atoms with Crippen molar-refractivity contribution in [3.05, 3.63) is 54.1 Å². The number of aryl methyl sites for hydroxylation is 1. The number of fused-ring (bicyclic) bond motifs is 1. The van der Waals surface area contributed by atoms with E-state index in [1.54, 1.807) is 18.3 Å². The van der Waals surface area contributed by atoms with Crippen LogP contribution in [0.15, 0.2) is 47.1 Å². The van der Waals surface area contributed by atoms with Gasteiger partial charge in [-0.25, -0.2) is 0 Å². The Morgan fingerprint density at radius 1 is 1.33 bits per heavy atom. The Morgan fingerprint density at radius 2 is 2.17 bits per heavy atom. The monoisotopic (exact) mass is 326 g/mol. The number of benzene rings is 1. The predicted molar refractivity (Wildman–Crippen MR) is 93.4 cm³/mol. The second-order valence-electron chi connectivity index (χ2n) is 6.02. The molecule has 1 amide bonds. The molecule has 2 heterocycles. The smallest absolute Gasteiger partial charge is 0.270 e. The molecule has 0 saturated heterocycles. The van der Waals surface area contributed by atoms with Crippen LogP contribution in [0.5, 0.6) is 5.75 Å². The van der Waals surface area contributed by atoms with Crippen LogP contribution < -0.4 is 4.74 Å². The summed E-state index contributed by atoms with van der Waals surface area (Å²) in [5, 5.41) is 0.996. The van der Waals surface area contributed by atoms with Crippen LogP contribution in [-0.2, 0) is 6.42 Å². The number of carbonyl (C=O) groups is 1. The van der Waals surface area contributed by atoms with Crippen LogP contribution in [0, 0.1) is 0 Å². The summed E-state index contributed by atoms with van der Waals surface area (Å²) in [6, 6.07) is 11.6. The number of ether oxygens (including phenoxy) is 1. The second-order valence-corrected chi connectivity index (χ2v) is 6.02. The summed E-state index contributed by atoms with van der Waals surface area (Å²) in [6.45, 7) is 2.05. The van der Waals surface area contributed by atoms with Gasteiger partial charge >= 0.3 is 0 Å². The fourth-order valence-corrected chi connectivity index (χ4v) is 2.74. The van der Waals surface area contributed by atoms with E-state index in [4.69, 9.17) is 9.15 Å². The van der Waals surface area contributed by atoms with E-state index in [1.807, 2.05) is 50.4 Å². The van der Waals surface area contributed by atoms with Gasteiger partial charge in [0.1, 0.15) is 17.2 Å². The highest BCUT2D eigenvalue weighted by atomic mass is 16.5. The van der Waals surface area contributed by atoms with Gasteiger partial charge in [-0.1, -0.05) is 0 Å². The van der Waals surface area contributed by atoms with Gasteiger partial charge in [0.05, 0.1) is 13.4 Å². The highest BCUT2D eigenvalue weighted by Gasteiger charge is 2.19. The van der Waals surface area contributed by atoms with Crippen LogP contribution in [0.3, 0.4) is 0 Å². The first-order valence-electron chi connectivity index (χ1n) is 8.05. The molecule has 0 bridgehead atoms. The molecule has 0 unspecified atom stereocenters. The Morgan fingerprint density at radius 3 is 2.88 bits per heavy atom. The van der Waals surface area contributed by atoms with Gasteiger partial charge in [0.15, 0.2) is 0 Å². The first kappa shape index (κ1) is 16.2. The van der Waals surface area contributed by atoms with Crippen molar-refractivity contribution in [1.29, 1.82) is 0 Å². The molecule has 24 heavy (non-hydrogen) atoms. The number of methoxy groups -OCH3 is 1. The van der Waals surface area contributed by atoms with Crippen LogP contribution in [0.25, 0.3) is 10.9 Å². The van der Waals surface area contributed by atoms with Gasteiger partial charge in [0.2, 0.25) is 0 Å². The quantitative estimate of drug-likeness (QED) is 0.748. The number of rotatable bonds is 6. The van der Waals surface area contributed by atoms with Crippen molar-refractivity contribution < 1.29 is 13.9 Å². The molecule has 5 heteroatoms. The molecule has 126 valence electrons. The Balaban J connectivity index is 1.70. The van der Waals surface area contributed by atoms with E-state index in [1.165, 1.54) is 0 Å². The lowest BCUT2D eigenvalue weighted by atomic mass is 10.1. The molecule has 3 rings (SSSR count). The molecule has 0 saturated carbocycles. The van der Waals surface area contributed by atoms with Crippen LogP contribution in [-0.4, -0.2) is 36.0 Å². The molecule has 5 nitrogen and oxygen atoms in total. The van der Waals surface area contributed by atoms with Crippen molar-refractivity contribution in [2.45, 2.75) is 25.8 Å². The number of amides is 1. The largest absolute Gasteiger partial charge is 0.497 e. The summed E-state index contributed by atoms with van der Waals surface area (Å²) >= 11 is 0. The third-order valence-electron chi connectivity index (χ3n) is 4.43. The lowest BCUT2D eigenvalue weighted by molar-refractivity contribution is 0.0731. The van der Waals surface area contributed by atoms with Gasteiger partial charge in [0.25, 0.3) is 5.91 Å². The number of hydrogen-bond acceptors (Lipinski definition) is 3. The minimum Gasteiger partial charge on any atom is -0.497 e. The van der Waals surface area contributed by atoms with Gasteiger partial charge in [-0.3, -0.25) is 4.79 Å². The molecule has 0 aliphatic carbocycles. The lowest BCUT2D eigenvalue weighted by Gasteiger charge is -2.24. The molecule has 1 N–H and O–H groups in total. The molecule has 0 radical (unpaired) electrons. The Labute approximate surface area is 141 Å². The summed E-state index contributed by atoms with van der Waals surface area (Å²) in [4.78, 5) is 17.7. The van der Waals surface area contributed by atoms with E-state index in [0.29, 0.717) is 5.69 Å². The zero-order valence-corrected chi connectivity index (χ0v) is 14.2. The van der Waals surface area contributed by atoms with E-state index >= 15 is 0 Å². The SMILES string of the molecule is COc1ccc2cc(C(=O)N(C)[C@H](C)CCc3ccco3)[nH]c2c1. The topological polar surface area (TPSA) is 58.5 Å². The summed E-state index contributed by atoms with van der Waals surface area (Å²) in [7, 11) is 3.46. The molecule has 0 spiro atoms. The molecule has 2 aromatic heterocycles. The fraction of sp³-hybridized carbons (Fsp3) is 0.316. The van der Waals surface area contributed by atoms with Crippen molar-refractivity contribution in [1.82, 2.24) is 9.88 Å². The van der Waals surface area contributed by atoms with Gasteiger partial charge in [-0.05, 0) is 43.7 Å². The Hall–Kier alpha value is -2.69. The number of carbonyl (C=O) groups excluding carboxylic acids is 1. The first-order valence-corrected chi connectivity index (χ1v) is 8.05. The van der Waals surface area contributed by atoms with Gasteiger partial charge in [0, 0.05) is 36.5 Å². The van der Waals surface area contributed by atoms with Crippen LogP contribution in [0.2, 0.25) is 0 Å². The van der Waals surface area contributed by atoms with E-state index in [0.717, 1.165) is 35.3 Å². The van der Waals surface area contributed by atoms with E-state index in [2.05, 4.69) is 4.98 Å². The molecular weight excluding hydrogens is 304 g/mol. The van der Waals surface area contributed by atoms with Crippen LogP contribution >= 0.6 is 0 Å². The summed E-state index contributed by atoms with van der Waals surface area (Å²) in [6.07, 6.45) is 3.34. The molecular formula is C19H22N2O3. The highest BCUT2D eigenvalue weighted by Crippen LogP contribution is 2.22. The highest BCUT2D eigenvalue weighted by molar-refractivity contribution is 5.98. The maximum absolute atomic E-state index is 12.7. The van der Waals surface area contributed by atoms with Crippen molar-refractivity contribution in [3.8, 4) is 5.75 Å². The Kier molecular flexibility index (Phi) is 4.60. The van der Waals surface area contributed by atoms with Crippen molar-refractivity contribution in [2.75, 3.05) is 14.2 Å². The number of aromatic amines is 1. The zero-order valence-electron chi connectivity index (χ0n) is 14.2. The number of furan rings is 1. The normalized spacial score (nSPS) is 12.3. The molecule has 0 aliphatic heterocycles. The summed E-state index contributed by atoms with van der Waals surface area (Å²) in [5.74, 6) is 1.70. The third-order valence-corrected chi connectivity index (χ3v) is 4.43. The minimum atomic E-state index is -0.0166. The molecule has 3 aromatic rings. The molecule has 1 atom stereocenters. The Bertz CT molecular complexity index is 820. The minimum absolute atomic E-state index is 0.0166. The van der Waals surface area contributed by atoms with Gasteiger partial charge in [-0.2, -0.15) is 0 Å². The van der Waals surface area contributed by atoms with E-state index in [9.17, 15) is 4.79 Å². The maximum atomic E-state index is 12.7. The van der Waals surface area contributed by atoms with Crippen LogP contribution in [0.1, 0.15) is 29.6 Å². The van der Waals surface area contributed by atoms with Crippen molar-refractivity contribution in [2.24, 2.45) is 0 Å². The number of nitrogens with zero attached hydrogens (tertiary/aromatic N) is 1. The van der Waals surface area contributed by atoms with Crippen molar-refractivity contribution >= 4 is 16.8 Å². The van der Waals surface area contributed by atoms with Crippen LogP contribution in [0.4, 0.5) is 0 Å². The zero-order chi connectivity index (χ0) is 17.1. The maximum Gasteiger partial charge on any atom is 0.270 e. The predicted octanol–water partition coefficient (Wildman–Crippen LogP) is 3.86. The first-order chi connectivity index (χ1) is 11.6. The average molecular weight is 326 g/mol. The lowest BCUT2D eigenvalue weighted by Crippen LogP contribution is -2.35. The summed E-state index contributed by atoms with van der Waals surface area (Å²) < 4.78 is 10.6. The molecule has 0 fully saturated rings. The number of H-pyrrole nitrogens is 1. The van der Waals surface area contributed by atoms with Gasteiger partial charge in [-0.15, -0.1) is 0 Å². The molecule has 0 aliphatic rings. The average Bonchev–Trinajstić information content (AvgIpc) is 3.26. The van der Waals surface area contributed by atoms with E-state index in [-0.39, 0.29) is 11.9 Å². The molecule has 1 aromatic carbocycles.